The molecule has 4 heteroatoms. The van der Waals surface area contributed by atoms with E-state index >= 15 is 0 Å². The molecule has 0 spiro atoms. The summed E-state index contributed by atoms with van der Waals surface area (Å²) >= 11 is 0. The maximum Gasteiger partial charge on any atom is 0.203 e. The topological polar surface area (TPSA) is 30.9 Å². The van der Waals surface area contributed by atoms with E-state index in [1.165, 1.54) is 32.5 Å². The van der Waals surface area contributed by atoms with Gasteiger partial charge in [-0.3, -0.25) is 0 Å². The molecule has 1 heterocycles. The number of unbranched alkanes of at least 4 members (excludes halogenated alkanes) is 1. The molecule has 0 saturated carbocycles. The van der Waals surface area contributed by atoms with E-state index < -0.39 is 0 Å². The van der Waals surface area contributed by atoms with Gasteiger partial charge in [0.25, 0.3) is 0 Å². The van der Waals surface area contributed by atoms with Crippen molar-refractivity contribution in [3.8, 4) is 17.2 Å². The standard InChI is InChI=1S/C19H31NO3/c1-15-10-12-20(14-16(15)2)11-5-6-13-23-19-17(21-3)8-7-9-18(19)22-4/h7-9,15-16H,5-6,10-14H2,1-4H3. The van der Waals surface area contributed by atoms with Gasteiger partial charge >= 0.3 is 0 Å². The highest BCUT2D eigenvalue weighted by molar-refractivity contribution is 5.51. The summed E-state index contributed by atoms with van der Waals surface area (Å²) in [7, 11) is 3.31. The number of hydrogen-bond acceptors (Lipinski definition) is 4. The number of nitrogens with zero attached hydrogens (tertiary/aromatic N) is 1. The van der Waals surface area contributed by atoms with Crippen LogP contribution in [0, 0.1) is 11.8 Å². The molecular weight excluding hydrogens is 290 g/mol. The largest absolute Gasteiger partial charge is 0.493 e. The highest BCUT2D eigenvalue weighted by atomic mass is 16.5. The summed E-state index contributed by atoms with van der Waals surface area (Å²) in [5, 5.41) is 0. The fraction of sp³-hybridized carbons (Fsp3) is 0.684. The molecule has 1 fully saturated rings. The van der Waals surface area contributed by atoms with Crippen molar-refractivity contribution in [1.82, 2.24) is 4.90 Å². The van der Waals surface area contributed by atoms with Crippen LogP contribution in [0.15, 0.2) is 18.2 Å². The van der Waals surface area contributed by atoms with Crippen LogP contribution in [0.3, 0.4) is 0 Å². The summed E-state index contributed by atoms with van der Waals surface area (Å²) < 4.78 is 16.6. The first-order valence-electron chi connectivity index (χ1n) is 8.71. The molecule has 23 heavy (non-hydrogen) atoms. The number of likely N-dealkylation sites (tertiary alicyclic amines) is 1. The second kappa shape index (κ2) is 9.02. The highest BCUT2D eigenvalue weighted by Gasteiger charge is 2.21. The Kier molecular flexibility index (Phi) is 7.03. The van der Waals surface area contributed by atoms with Gasteiger partial charge < -0.3 is 19.1 Å². The van der Waals surface area contributed by atoms with E-state index in [1.54, 1.807) is 14.2 Å². The lowest BCUT2D eigenvalue weighted by Gasteiger charge is -2.35. The molecule has 1 aliphatic heterocycles. The quantitative estimate of drug-likeness (QED) is 0.681. The van der Waals surface area contributed by atoms with Gasteiger partial charge in [-0.05, 0) is 56.3 Å². The van der Waals surface area contributed by atoms with Crippen molar-refractivity contribution >= 4 is 0 Å². The molecule has 2 rings (SSSR count). The summed E-state index contributed by atoms with van der Waals surface area (Å²) in [6, 6.07) is 5.70. The maximum absolute atomic E-state index is 5.91. The van der Waals surface area contributed by atoms with E-state index in [1.807, 2.05) is 18.2 Å². The Morgan fingerprint density at radius 1 is 1.04 bits per heavy atom. The normalized spacial score (nSPS) is 21.9. The van der Waals surface area contributed by atoms with Crippen molar-refractivity contribution in [2.45, 2.75) is 33.1 Å². The first kappa shape index (κ1) is 17.9. The van der Waals surface area contributed by atoms with Crippen molar-refractivity contribution in [3.05, 3.63) is 18.2 Å². The summed E-state index contributed by atoms with van der Waals surface area (Å²) in [5.41, 5.74) is 0. The zero-order valence-corrected chi connectivity index (χ0v) is 15.0. The molecule has 1 aromatic carbocycles. The van der Waals surface area contributed by atoms with Gasteiger partial charge in [0.1, 0.15) is 0 Å². The number of methoxy groups -OCH3 is 2. The molecule has 0 aliphatic carbocycles. The Balaban J connectivity index is 1.72. The van der Waals surface area contributed by atoms with Gasteiger partial charge in [-0.15, -0.1) is 0 Å². The zero-order valence-electron chi connectivity index (χ0n) is 15.0. The first-order valence-corrected chi connectivity index (χ1v) is 8.71. The predicted molar refractivity (Wildman–Crippen MR) is 93.7 cm³/mol. The van der Waals surface area contributed by atoms with Gasteiger partial charge in [-0.1, -0.05) is 19.9 Å². The van der Waals surface area contributed by atoms with Crippen molar-refractivity contribution < 1.29 is 14.2 Å². The molecule has 1 aromatic rings. The summed E-state index contributed by atoms with van der Waals surface area (Å²) in [5.74, 6) is 3.84. The van der Waals surface area contributed by atoms with Crippen LogP contribution in [0.25, 0.3) is 0 Å². The van der Waals surface area contributed by atoms with Gasteiger partial charge in [-0.25, -0.2) is 0 Å². The smallest absolute Gasteiger partial charge is 0.203 e. The van der Waals surface area contributed by atoms with E-state index in [-0.39, 0.29) is 0 Å². The number of ether oxygens (including phenoxy) is 3. The number of para-hydroxylation sites is 1. The Hall–Kier alpha value is -1.42. The second-order valence-corrected chi connectivity index (χ2v) is 6.59. The Morgan fingerprint density at radius 3 is 2.35 bits per heavy atom. The molecule has 130 valence electrons. The molecule has 1 saturated heterocycles. The minimum absolute atomic E-state index is 0.691. The Bertz CT molecular complexity index is 455. The third kappa shape index (κ3) is 5.03. The molecular formula is C19H31NO3. The van der Waals surface area contributed by atoms with Crippen molar-refractivity contribution in [2.75, 3.05) is 40.5 Å². The molecule has 0 N–H and O–H groups in total. The van der Waals surface area contributed by atoms with Crippen LogP contribution in [0.2, 0.25) is 0 Å². The maximum atomic E-state index is 5.91. The second-order valence-electron chi connectivity index (χ2n) is 6.59. The molecule has 0 aromatic heterocycles. The predicted octanol–water partition coefficient (Wildman–Crippen LogP) is 3.84. The number of hydrogen-bond donors (Lipinski definition) is 0. The fourth-order valence-electron chi connectivity index (χ4n) is 3.12. The van der Waals surface area contributed by atoms with Crippen LogP contribution in [-0.2, 0) is 0 Å². The van der Waals surface area contributed by atoms with E-state index in [2.05, 4.69) is 18.7 Å². The number of piperidine rings is 1. The third-order valence-electron chi connectivity index (χ3n) is 4.92. The average Bonchev–Trinajstić information content (AvgIpc) is 2.57. The van der Waals surface area contributed by atoms with Crippen LogP contribution in [-0.4, -0.2) is 45.4 Å². The van der Waals surface area contributed by atoms with E-state index in [0.29, 0.717) is 12.4 Å². The van der Waals surface area contributed by atoms with Gasteiger partial charge in [0, 0.05) is 6.54 Å². The third-order valence-corrected chi connectivity index (χ3v) is 4.92. The Morgan fingerprint density at radius 2 is 1.74 bits per heavy atom. The molecule has 0 bridgehead atoms. The fourth-order valence-corrected chi connectivity index (χ4v) is 3.12. The summed E-state index contributed by atoms with van der Waals surface area (Å²) in [6.45, 7) is 9.08. The molecule has 2 unspecified atom stereocenters. The van der Waals surface area contributed by atoms with Gasteiger partial charge in [0.2, 0.25) is 5.75 Å². The average molecular weight is 321 g/mol. The van der Waals surface area contributed by atoms with Gasteiger partial charge in [-0.2, -0.15) is 0 Å². The summed E-state index contributed by atoms with van der Waals surface area (Å²) in [4.78, 5) is 2.59. The SMILES string of the molecule is COc1cccc(OC)c1OCCCCN1CCC(C)C(C)C1. The molecule has 4 nitrogen and oxygen atoms in total. The number of rotatable bonds is 8. The van der Waals surface area contributed by atoms with Crippen LogP contribution < -0.4 is 14.2 Å². The van der Waals surface area contributed by atoms with E-state index in [9.17, 15) is 0 Å². The first-order chi connectivity index (χ1) is 11.2. The summed E-state index contributed by atoms with van der Waals surface area (Å²) in [6.07, 6.45) is 3.54. The number of benzene rings is 1. The van der Waals surface area contributed by atoms with Crippen molar-refractivity contribution in [1.29, 1.82) is 0 Å². The lowest BCUT2D eigenvalue weighted by atomic mass is 9.88. The minimum Gasteiger partial charge on any atom is -0.493 e. The Labute approximate surface area is 140 Å². The molecule has 1 aliphatic rings. The molecule has 0 radical (unpaired) electrons. The van der Waals surface area contributed by atoms with E-state index in [0.717, 1.165) is 29.8 Å². The van der Waals surface area contributed by atoms with Gasteiger partial charge in [0.05, 0.1) is 20.8 Å². The van der Waals surface area contributed by atoms with E-state index in [4.69, 9.17) is 14.2 Å². The highest BCUT2D eigenvalue weighted by Crippen LogP contribution is 2.36. The van der Waals surface area contributed by atoms with Crippen LogP contribution in [0.4, 0.5) is 0 Å². The monoisotopic (exact) mass is 321 g/mol. The van der Waals surface area contributed by atoms with Crippen LogP contribution >= 0.6 is 0 Å². The van der Waals surface area contributed by atoms with Crippen molar-refractivity contribution in [3.63, 3.8) is 0 Å². The lowest BCUT2D eigenvalue weighted by molar-refractivity contribution is 0.134. The lowest BCUT2D eigenvalue weighted by Crippen LogP contribution is -2.38. The zero-order chi connectivity index (χ0) is 16.7. The van der Waals surface area contributed by atoms with Gasteiger partial charge in [0.15, 0.2) is 11.5 Å². The minimum atomic E-state index is 0.691. The molecule has 2 atom stereocenters. The van der Waals surface area contributed by atoms with Crippen molar-refractivity contribution in [2.24, 2.45) is 11.8 Å². The molecule has 0 amide bonds. The van der Waals surface area contributed by atoms with Crippen LogP contribution in [0.5, 0.6) is 17.2 Å². The van der Waals surface area contributed by atoms with Crippen LogP contribution in [0.1, 0.15) is 33.1 Å².